The van der Waals surface area contributed by atoms with Crippen molar-refractivity contribution < 1.29 is 0 Å². The zero-order valence-electron chi connectivity index (χ0n) is 9.96. The van der Waals surface area contributed by atoms with Crippen molar-refractivity contribution in [3.63, 3.8) is 0 Å². The third-order valence-electron chi connectivity index (χ3n) is 2.74. The van der Waals surface area contributed by atoms with Crippen molar-refractivity contribution in [3.05, 3.63) is 48.0 Å². The van der Waals surface area contributed by atoms with Crippen LogP contribution in [0, 0.1) is 11.3 Å². The Morgan fingerprint density at radius 2 is 2.06 bits per heavy atom. The molecule has 0 unspecified atom stereocenters. The van der Waals surface area contributed by atoms with Gasteiger partial charge >= 0.3 is 0 Å². The molecule has 2 rings (SSSR count). The monoisotopic (exact) mass is 226 g/mol. The van der Waals surface area contributed by atoms with Crippen LogP contribution in [0.25, 0.3) is 0 Å². The third kappa shape index (κ3) is 2.45. The van der Waals surface area contributed by atoms with E-state index in [4.69, 9.17) is 5.26 Å². The van der Waals surface area contributed by atoms with Gasteiger partial charge in [-0.1, -0.05) is 0 Å². The summed E-state index contributed by atoms with van der Waals surface area (Å²) in [5.41, 5.74) is 1.76. The Labute approximate surface area is 101 Å². The number of benzene rings is 1. The quantitative estimate of drug-likeness (QED) is 0.803. The summed E-state index contributed by atoms with van der Waals surface area (Å²) >= 11 is 0. The van der Waals surface area contributed by atoms with Gasteiger partial charge in [0.25, 0.3) is 0 Å². The summed E-state index contributed by atoms with van der Waals surface area (Å²) < 4.78 is 2.00. The van der Waals surface area contributed by atoms with Crippen LogP contribution in [-0.2, 0) is 13.6 Å². The Hall–Kier alpha value is -2.28. The predicted molar refractivity (Wildman–Crippen MR) is 66.5 cm³/mol. The summed E-state index contributed by atoms with van der Waals surface area (Å²) in [7, 11) is 3.99. The van der Waals surface area contributed by atoms with Crippen molar-refractivity contribution >= 4 is 5.69 Å². The molecule has 0 aliphatic carbocycles. The molecule has 0 spiro atoms. The van der Waals surface area contributed by atoms with E-state index < -0.39 is 0 Å². The van der Waals surface area contributed by atoms with Gasteiger partial charge in [-0.15, -0.1) is 0 Å². The van der Waals surface area contributed by atoms with Gasteiger partial charge in [0.1, 0.15) is 5.82 Å². The van der Waals surface area contributed by atoms with E-state index in [2.05, 4.69) is 16.0 Å². The minimum absolute atomic E-state index is 0.680. The van der Waals surface area contributed by atoms with Gasteiger partial charge in [0, 0.05) is 32.2 Å². The van der Waals surface area contributed by atoms with Crippen LogP contribution < -0.4 is 4.90 Å². The Balaban J connectivity index is 2.12. The topological polar surface area (TPSA) is 44.9 Å². The van der Waals surface area contributed by atoms with Crippen LogP contribution in [-0.4, -0.2) is 16.6 Å². The van der Waals surface area contributed by atoms with Crippen molar-refractivity contribution in [1.29, 1.82) is 5.26 Å². The van der Waals surface area contributed by atoms with Crippen LogP contribution in [0.3, 0.4) is 0 Å². The molecule has 0 amide bonds. The fourth-order valence-corrected chi connectivity index (χ4v) is 1.64. The lowest BCUT2D eigenvalue weighted by Crippen LogP contribution is -2.18. The van der Waals surface area contributed by atoms with E-state index in [-0.39, 0.29) is 0 Å². The maximum Gasteiger partial charge on any atom is 0.127 e. The molecular weight excluding hydrogens is 212 g/mol. The first-order chi connectivity index (χ1) is 8.20. The summed E-state index contributed by atoms with van der Waals surface area (Å²) in [6.45, 7) is 0.745. The van der Waals surface area contributed by atoms with Gasteiger partial charge in [-0.05, 0) is 24.3 Å². The summed E-state index contributed by atoms with van der Waals surface area (Å²) in [6, 6.07) is 9.65. The van der Waals surface area contributed by atoms with Crippen molar-refractivity contribution in [2.75, 3.05) is 11.9 Å². The van der Waals surface area contributed by atoms with E-state index >= 15 is 0 Å². The highest BCUT2D eigenvalue weighted by atomic mass is 15.2. The summed E-state index contributed by atoms with van der Waals surface area (Å²) in [5.74, 6) is 1.01. The molecule has 0 saturated heterocycles. The van der Waals surface area contributed by atoms with E-state index in [1.807, 2.05) is 49.1 Å². The van der Waals surface area contributed by atoms with Gasteiger partial charge in [0.05, 0.1) is 18.2 Å². The van der Waals surface area contributed by atoms with E-state index in [1.165, 1.54) is 0 Å². The largest absolute Gasteiger partial charge is 0.367 e. The number of aryl methyl sites for hydroxylation is 1. The second-order valence-corrected chi connectivity index (χ2v) is 3.97. The third-order valence-corrected chi connectivity index (χ3v) is 2.74. The van der Waals surface area contributed by atoms with E-state index in [0.717, 1.165) is 18.1 Å². The van der Waals surface area contributed by atoms with Crippen molar-refractivity contribution in [3.8, 4) is 6.07 Å². The molecular formula is C13H14N4. The van der Waals surface area contributed by atoms with Crippen molar-refractivity contribution in [1.82, 2.24) is 9.55 Å². The Morgan fingerprint density at radius 3 is 2.59 bits per heavy atom. The van der Waals surface area contributed by atoms with Crippen LogP contribution in [0.15, 0.2) is 36.7 Å². The fraction of sp³-hybridized carbons (Fsp3) is 0.231. The molecule has 0 aliphatic heterocycles. The molecule has 4 heteroatoms. The highest BCUT2D eigenvalue weighted by Crippen LogP contribution is 2.15. The molecule has 1 heterocycles. The summed E-state index contributed by atoms with van der Waals surface area (Å²) in [4.78, 5) is 6.38. The minimum atomic E-state index is 0.680. The minimum Gasteiger partial charge on any atom is -0.367 e. The van der Waals surface area contributed by atoms with Crippen LogP contribution in [0.4, 0.5) is 5.69 Å². The molecule has 2 aromatic rings. The van der Waals surface area contributed by atoms with Crippen molar-refractivity contribution in [2.24, 2.45) is 7.05 Å². The number of hydrogen-bond acceptors (Lipinski definition) is 3. The normalized spacial score (nSPS) is 9.94. The van der Waals surface area contributed by atoms with Crippen LogP contribution in [0.2, 0.25) is 0 Å². The Bertz CT molecular complexity index is 533. The summed E-state index contributed by atoms with van der Waals surface area (Å²) in [5, 5.41) is 8.73. The molecule has 17 heavy (non-hydrogen) atoms. The van der Waals surface area contributed by atoms with Crippen molar-refractivity contribution in [2.45, 2.75) is 6.54 Å². The van der Waals surface area contributed by atoms with E-state index in [9.17, 15) is 0 Å². The molecule has 1 aromatic carbocycles. The lowest BCUT2D eigenvalue weighted by molar-refractivity contribution is 0.762. The van der Waals surface area contributed by atoms with Gasteiger partial charge in [-0.25, -0.2) is 4.98 Å². The molecule has 0 saturated carbocycles. The fourth-order valence-electron chi connectivity index (χ4n) is 1.64. The zero-order chi connectivity index (χ0) is 12.3. The SMILES string of the molecule is CN(Cc1nccn1C)c1ccc(C#N)cc1. The Kier molecular flexibility index (Phi) is 3.10. The molecule has 0 atom stereocenters. The second-order valence-electron chi connectivity index (χ2n) is 3.97. The Morgan fingerprint density at radius 1 is 1.35 bits per heavy atom. The highest BCUT2D eigenvalue weighted by molar-refractivity contribution is 5.49. The van der Waals surface area contributed by atoms with Gasteiger partial charge in [0.15, 0.2) is 0 Å². The smallest absolute Gasteiger partial charge is 0.127 e. The predicted octanol–water partition coefficient (Wildman–Crippen LogP) is 1.93. The van der Waals surface area contributed by atoms with Crippen LogP contribution >= 0.6 is 0 Å². The van der Waals surface area contributed by atoms with Gasteiger partial charge in [-0.3, -0.25) is 0 Å². The molecule has 86 valence electrons. The molecule has 1 aromatic heterocycles. The number of aromatic nitrogens is 2. The molecule has 0 aliphatic rings. The second kappa shape index (κ2) is 4.71. The molecule has 0 bridgehead atoms. The first-order valence-corrected chi connectivity index (χ1v) is 5.38. The van der Waals surface area contributed by atoms with E-state index in [0.29, 0.717) is 5.56 Å². The maximum absolute atomic E-state index is 8.73. The summed E-state index contributed by atoms with van der Waals surface area (Å²) in [6.07, 6.45) is 3.73. The van der Waals surface area contributed by atoms with Gasteiger partial charge in [0.2, 0.25) is 0 Å². The van der Waals surface area contributed by atoms with Crippen LogP contribution in [0.5, 0.6) is 0 Å². The number of hydrogen-bond donors (Lipinski definition) is 0. The molecule has 0 radical (unpaired) electrons. The standard InChI is InChI=1S/C13H14N4/c1-16-8-7-15-13(16)10-17(2)12-5-3-11(9-14)4-6-12/h3-8H,10H2,1-2H3. The zero-order valence-corrected chi connectivity index (χ0v) is 9.96. The molecule has 0 N–H and O–H groups in total. The lowest BCUT2D eigenvalue weighted by atomic mass is 10.2. The first-order valence-electron chi connectivity index (χ1n) is 5.38. The number of rotatable bonds is 3. The van der Waals surface area contributed by atoms with Crippen LogP contribution in [0.1, 0.15) is 11.4 Å². The average Bonchev–Trinajstić information content (AvgIpc) is 2.75. The first kappa shape index (κ1) is 11.2. The number of nitrogens with zero attached hydrogens (tertiary/aromatic N) is 4. The lowest BCUT2D eigenvalue weighted by Gasteiger charge is -2.18. The number of nitriles is 1. The number of imidazole rings is 1. The maximum atomic E-state index is 8.73. The van der Waals surface area contributed by atoms with Gasteiger partial charge in [-0.2, -0.15) is 5.26 Å². The molecule has 0 fully saturated rings. The van der Waals surface area contributed by atoms with E-state index in [1.54, 1.807) is 6.20 Å². The average molecular weight is 226 g/mol. The highest BCUT2D eigenvalue weighted by Gasteiger charge is 2.05. The van der Waals surface area contributed by atoms with Gasteiger partial charge < -0.3 is 9.47 Å². The molecule has 4 nitrogen and oxygen atoms in total. The number of anilines is 1.